The largest absolute Gasteiger partial charge is 0.463 e. The molecular weight excluding hydrogens is 723 g/mol. The first-order valence-electron chi connectivity index (χ1n) is 19.7. The summed E-state index contributed by atoms with van der Waals surface area (Å²) in [5.41, 5.74) is 13.6. The predicted octanol–water partition coefficient (Wildman–Crippen LogP) is 12.6. The number of furan rings is 1. The van der Waals surface area contributed by atoms with E-state index < -0.39 is 0 Å². The van der Waals surface area contributed by atoms with Crippen LogP contribution in [-0.2, 0) is 0 Å². The molecule has 0 bridgehead atoms. The van der Waals surface area contributed by atoms with E-state index in [4.69, 9.17) is 24.4 Å². The van der Waals surface area contributed by atoms with Crippen LogP contribution in [0.15, 0.2) is 222 Å². The van der Waals surface area contributed by atoms with Gasteiger partial charge in [-0.1, -0.05) is 188 Å². The minimum Gasteiger partial charge on any atom is -0.463 e. The normalized spacial score (nSPS) is 13.6. The maximum Gasteiger partial charge on any atom is 0.164 e. The van der Waals surface area contributed by atoms with Crippen molar-refractivity contribution in [2.24, 2.45) is 4.99 Å². The standard InChI is InChI=1S/C53H37N5O/c1-4-15-39(16-5-1)50-54-47(35-48(55-50)49-25-14-34-59-49)38-30-26-36(27-31-38)43-21-10-12-23-45(43)46-24-13-11-22-44(46)37-28-32-42(33-29-37)53-57-51(40-17-6-2-7-18-40)56-52(58-53)41-19-8-3-9-20-41/h1-35,50,54H. The molecule has 6 heteroatoms. The number of rotatable bonds is 9. The highest BCUT2D eigenvalue weighted by Crippen LogP contribution is 2.39. The van der Waals surface area contributed by atoms with E-state index in [0.29, 0.717) is 17.5 Å². The number of hydrogen-bond donors (Lipinski definition) is 1. The Hall–Kier alpha value is -7.96. The highest BCUT2D eigenvalue weighted by atomic mass is 16.3. The van der Waals surface area contributed by atoms with Gasteiger partial charge < -0.3 is 9.73 Å². The topological polar surface area (TPSA) is 76.2 Å². The van der Waals surface area contributed by atoms with E-state index in [1.165, 1.54) is 0 Å². The van der Waals surface area contributed by atoms with Crippen LogP contribution in [0.2, 0.25) is 0 Å². The molecule has 0 radical (unpaired) electrons. The van der Waals surface area contributed by atoms with Gasteiger partial charge in [0, 0.05) is 22.4 Å². The van der Waals surface area contributed by atoms with Gasteiger partial charge >= 0.3 is 0 Å². The number of aliphatic imine (C=N–C) groups is 1. The SMILES string of the molecule is C1=C(c2ccc(-c3ccccc3-c3ccccc3-c3ccc(-c4nc(-c5ccccc5)nc(-c5ccccc5)n4)cc3)cc2)NC(c2ccccc2)N=C1c1ccco1. The molecule has 6 nitrogen and oxygen atoms in total. The van der Waals surface area contributed by atoms with E-state index in [-0.39, 0.29) is 6.17 Å². The van der Waals surface area contributed by atoms with E-state index >= 15 is 0 Å². The lowest BCUT2D eigenvalue weighted by Gasteiger charge is -2.24. The van der Waals surface area contributed by atoms with Gasteiger partial charge in [-0.3, -0.25) is 4.99 Å². The van der Waals surface area contributed by atoms with Gasteiger partial charge in [-0.15, -0.1) is 0 Å². The third-order valence-corrected chi connectivity index (χ3v) is 10.5. The summed E-state index contributed by atoms with van der Waals surface area (Å²) in [6.07, 6.45) is 3.51. The van der Waals surface area contributed by atoms with Crippen molar-refractivity contribution in [2.75, 3.05) is 0 Å². The quantitative estimate of drug-likeness (QED) is 0.159. The molecule has 0 aliphatic carbocycles. The third kappa shape index (κ3) is 7.39. The van der Waals surface area contributed by atoms with Gasteiger partial charge in [-0.25, -0.2) is 15.0 Å². The van der Waals surface area contributed by atoms with Crippen molar-refractivity contribution < 1.29 is 4.42 Å². The molecule has 3 heterocycles. The second-order valence-electron chi connectivity index (χ2n) is 14.3. The number of hydrogen-bond acceptors (Lipinski definition) is 6. The van der Waals surface area contributed by atoms with Gasteiger partial charge in [0.2, 0.25) is 0 Å². The summed E-state index contributed by atoms with van der Waals surface area (Å²) in [7, 11) is 0. The Morgan fingerprint density at radius 3 is 1.29 bits per heavy atom. The summed E-state index contributed by atoms with van der Waals surface area (Å²) in [5.74, 6) is 2.66. The second kappa shape index (κ2) is 15.9. The van der Waals surface area contributed by atoms with Crippen LogP contribution >= 0.6 is 0 Å². The van der Waals surface area contributed by atoms with Gasteiger partial charge in [0.15, 0.2) is 23.2 Å². The van der Waals surface area contributed by atoms with Crippen LogP contribution < -0.4 is 5.32 Å². The molecule has 1 unspecified atom stereocenters. The number of allylic oxidation sites excluding steroid dienone is 1. The Labute approximate surface area is 343 Å². The lowest BCUT2D eigenvalue weighted by molar-refractivity contribution is 0.554. The summed E-state index contributed by atoms with van der Waals surface area (Å²) in [6.45, 7) is 0. The molecule has 0 saturated carbocycles. The first-order chi connectivity index (χ1) is 29.2. The molecule has 2 aromatic heterocycles. The smallest absolute Gasteiger partial charge is 0.164 e. The fourth-order valence-electron chi connectivity index (χ4n) is 7.56. The number of benzene rings is 7. The molecule has 1 atom stereocenters. The molecule has 0 saturated heterocycles. The second-order valence-corrected chi connectivity index (χ2v) is 14.3. The average Bonchev–Trinajstić information content (AvgIpc) is 3.88. The Balaban J connectivity index is 0.966. The number of aromatic nitrogens is 3. The Morgan fingerprint density at radius 2 is 0.797 bits per heavy atom. The molecule has 59 heavy (non-hydrogen) atoms. The Morgan fingerprint density at radius 1 is 0.373 bits per heavy atom. The molecule has 280 valence electrons. The predicted molar refractivity (Wildman–Crippen MR) is 238 cm³/mol. The summed E-state index contributed by atoms with van der Waals surface area (Å²) in [5, 5.41) is 3.66. The fourth-order valence-corrected chi connectivity index (χ4v) is 7.56. The zero-order chi connectivity index (χ0) is 39.4. The first kappa shape index (κ1) is 35.5. The molecule has 0 fully saturated rings. The number of nitrogens with one attached hydrogen (secondary N) is 1. The highest BCUT2D eigenvalue weighted by Gasteiger charge is 2.21. The Bertz CT molecular complexity index is 2870. The van der Waals surface area contributed by atoms with Crippen LogP contribution in [0.1, 0.15) is 23.1 Å². The summed E-state index contributed by atoms with van der Waals surface area (Å²) < 4.78 is 5.77. The molecule has 0 spiro atoms. The highest BCUT2D eigenvalue weighted by molar-refractivity contribution is 6.11. The average molecular weight is 760 g/mol. The molecular formula is C53H37N5O. The van der Waals surface area contributed by atoms with Gasteiger partial charge in [-0.05, 0) is 62.7 Å². The fraction of sp³-hybridized carbons (Fsp3) is 0.0189. The van der Waals surface area contributed by atoms with Crippen LogP contribution in [0.4, 0.5) is 0 Å². The van der Waals surface area contributed by atoms with E-state index in [0.717, 1.165) is 78.4 Å². The van der Waals surface area contributed by atoms with Crippen LogP contribution in [0.5, 0.6) is 0 Å². The zero-order valence-corrected chi connectivity index (χ0v) is 32.0. The van der Waals surface area contributed by atoms with Gasteiger partial charge in [0.25, 0.3) is 0 Å². The lowest BCUT2D eigenvalue weighted by Crippen LogP contribution is -2.24. The monoisotopic (exact) mass is 759 g/mol. The molecule has 7 aromatic carbocycles. The minimum atomic E-state index is -0.238. The van der Waals surface area contributed by atoms with E-state index in [1.54, 1.807) is 6.26 Å². The molecule has 1 N–H and O–H groups in total. The summed E-state index contributed by atoms with van der Waals surface area (Å²) in [4.78, 5) is 19.7. The van der Waals surface area contributed by atoms with Crippen molar-refractivity contribution in [3.8, 4) is 67.5 Å². The van der Waals surface area contributed by atoms with Gasteiger partial charge in [0.1, 0.15) is 11.9 Å². The molecule has 9 aromatic rings. The minimum absolute atomic E-state index is 0.238. The molecule has 0 amide bonds. The van der Waals surface area contributed by atoms with Crippen LogP contribution in [0.25, 0.3) is 73.2 Å². The summed E-state index contributed by atoms with van der Waals surface area (Å²) >= 11 is 0. The van der Waals surface area contributed by atoms with Crippen LogP contribution in [0, 0.1) is 0 Å². The summed E-state index contributed by atoms with van der Waals surface area (Å²) in [6, 6.07) is 68.8. The van der Waals surface area contributed by atoms with Crippen LogP contribution in [0.3, 0.4) is 0 Å². The van der Waals surface area contributed by atoms with Gasteiger partial charge in [0.05, 0.1) is 6.26 Å². The van der Waals surface area contributed by atoms with Crippen molar-refractivity contribution in [1.82, 2.24) is 20.3 Å². The lowest BCUT2D eigenvalue weighted by atomic mass is 9.89. The molecule has 10 rings (SSSR count). The van der Waals surface area contributed by atoms with Gasteiger partial charge in [-0.2, -0.15) is 0 Å². The van der Waals surface area contributed by atoms with Crippen molar-refractivity contribution in [2.45, 2.75) is 6.17 Å². The molecule has 1 aliphatic heterocycles. The molecule has 1 aliphatic rings. The van der Waals surface area contributed by atoms with Crippen LogP contribution in [-0.4, -0.2) is 20.7 Å². The van der Waals surface area contributed by atoms with E-state index in [2.05, 4.69) is 121 Å². The van der Waals surface area contributed by atoms with Crippen molar-refractivity contribution in [3.63, 3.8) is 0 Å². The van der Waals surface area contributed by atoms with Crippen molar-refractivity contribution in [3.05, 3.63) is 229 Å². The zero-order valence-electron chi connectivity index (χ0n) is 32.0. The Kier molecular flexibility index (Phi) is 9.55. The number of nitrogens with zero attached hydrogens (tertiary/aromatic N) is 4. The van der Waals surface area contributed by atoms with E-state index in [9.17, 15) is 0 Å². The van der Waals surface area contributed by atoms with Crippen molar-refractivity contribution >= 4 is 11.4 Å². The van der Waals surface area contributed by atoms with Crippen molar-refractivity contribution in [1.29, 1.82) is 0 Å². The third-order valence-electron chi connectivity index (χ3n) is 10.5. The first-order valence-corrected chi connectivity index (χ1v) is 19.7. The van der Waals surface area contributed by atoms with E-state index in [1.807, 2.05) is 91.0 Å². The maximum atomic E-state index is 5.77. The maximum absolute atomic E-state index is 5.77.